The van der Waals surface area contributed by atoms with Gasteiger partial charge >= 0.3 is 0 Å². The summed E-state index contributed by atoms with van der Waals surface area (Å²) < 4.78 is 12.2. The number of carbonyl (C=O) groups excluding carboxylic acids is 5. The van der Waals surface area contributed by atoms with Gasteiger partial charge in [0.25, 0.3) is 5.91 Å². The van der Waals surface area contributed by atoms with Crippen molar-refractivity contribution in [1.82, 2.24) is 19.8 Å². The van der Waals surface area contributed by atoms with Gasteiger partial charge in [-0.15, -0.1) is 0 Å². The van der Waals surface area contributed by atoms with E-state index in [1.165, 1.54) is 5.06 Å². The Kier molecular flexibility index (Phi) is 19.6. The van der Waals surface area contributed by atoms with Crippen molar-refractivity contribution in [2.45, 2.75) is 149 Å². The number of Topliss-reactive ketones (excluding diaryl/α,β-unsaturated/α-hetero) is 2. The summed E-state index contributed by atoms with van der Waals surface area (Å²) in [6.07, 6.45) is 4.34. The summed E-state index contributed by atoms with van der Waals surface area (Å²) in [4.78, 5) is 83.0. The minimum atomic E-state index is -0.882. The molecule has 1 saturated carbocycles. The standard InChI is InChI=1S/C49H81N5O8/c1-12-34(6)45(52(9)47(58)37(32(2)3)28-40(55)44(33(4)5)51(8)24-19-23-50)42(60-10)29-43(57)53-25-18-22-39(53)46(61-11)35(7)41(56)31-49(48(59)54-26-16-17-27-62-54)30-38(49)36-20-14-13-15-21-36/h13-15,20-21,32-35,37-39,42,44-46H,12,16-19,22-31,50H2,1-11H3/t34-,35-,37-,38+,39-,42+,44-,45-,46+,49-/m0/s1. The highest BCUT2D eigenvalue weighted by Gasteiger charge is 2.63. The lowest BCUT2D eigenvalue weighted by atomic mass is 9.83. The maximum absolute atomic E-state index is 14.5. The van der Waals surface area contributed by atoms with Crippen molar-refractivity contribution >= 4 is 29.3 Å². The number of ether oxygens (including phenoxy) is 2. The molecule has 0 radical (unpaired) electrons. The molecule has 4 rings (SSSR count). The monoisotopic (exact) mass is 868 g/mol. The van der Waals surface area contributed by atoms with E-state index < -0.39 is 35.5 Å². The summed E-state index contributed by atoms with van der Waals surface area (Å²) >= 11 is 0. The van der Waals surface area contributed by atoms with Crippen molar-refractivity contribution in [3.63, 3.8) is 0 Å². The molecule has 13 heteroatoms. The molecule has 0 aromatic heterocycles. The fourth-order valence-corrected chi connectivity index (χ4v) is 10.6. The number of rotatable bonds is 25. The molecule has 350 valence electrons. The third-order valence-electron chi connectivity index (χ3n) is 14.5. The average Bonchev–Trinajstić information content (AvgIpc) is 3.79. The van der Waals surface area contributed by atoms with Crippen LogP contribution >= 0.6 is 0 Å². The highest BCUT2D eigenvalue weighted by molar-refractivity contribution is 5.94. The second kappa shape index (κ2) is 23.6. The van der Waals surface area contributed by atoms with Crippen molar-refractivity contribution in [3.05, 3.63) is 35.9 Å². The van der Waals surface area contributed by atoms with Crippen LogP contribution in [0.2, 0.25) is 0 Å². The van der Waals surface area contributed by atoms with Crippen LogP contribution in [0.5, 0.6) is 0 Å². The van der Waals surface area contributed by atoms with Gasteiger partial charge in [-0.2, -0.15) is 0 Å². The van der Waals surface area contributed by atoms with Gasteiger partial charge in [0.1, 0.15) is 5.78 Å². The van der Waals surface area contributed by atoms with Crippen LogP contribution in [-0.2, 0) is 38.3 Å². The van der Waals surface area contributed by atoms with E-state index in [2.05, 4.69) is 18.7 Å². The number of hydrogen-bond acceptors (Lipinski definition) is 10. The normalized spacial score (nSPS) is 23.8. The second-order valence-electron chi connectivity index (χ2n) is 19.3. The van der Waals surface area contributed by atoms with Gasteiger partial charge in [0.05, 0.1) is 48.8 Å². The van der Waals surface area contributed by atoms with Crippen LogP contribution in [0, 0.1) is 35.0 Å². The number of carbonyl (C=O) groups is 5. The van der Waals surface area contributed by atoms with Gasteiger partial charge in [-0.25, -0.2) is 5.06 Å². The van der Waals surface area contributed by atoms with Gasteiger partial charge in [0.15, 0.2) is 5.78 Å². The number of likely N-dealkylation sites (tertiary alicyclic amines) is 1. The molecule has 1 aromatic carbocycles. The van der Waals surface area contributed by atoms with Crippen LogP contribution in [0.4, 0.5) is 0 Å². The Morgan fingerprint density at radius 3 is 2.16 bits per heavy atom. The number of nitrogens with two attached hydrogens (primary N) is 1. The van der Waals surface area contributed by atoms with Crippen LogP contribution in [0.25, 0.3) is 0 Å². The number of amides is 3. The van der Waals surface area contributed by atoms with E-state index in [9.17, 15) is 24.0 Å². The predicted octanol–water partition coefficient (Wildman–Crippen LogP) is 6.13. The van der Waals surface area contributed by atoms with E-state index >= 15 is 0 Å². The quantitative estimate of drug-likeness (QED) is 0.122. The topological polar surface area (TPSA) is 152 Å². The number of hydrogen-bond donors (Lipinski definition) is 1. The molecule has 0 unspecified atom stereocenters. The summed E-state index contributed by atoms with van der Waals surface area (Å²) in [5.74, 6) is -1.62. The number of ketones is 2. The molecule has 1 aliphatic carbocycles. The Balaban J connectivity index is 1.50. The first-order chi connectivity index (χ1) is 29.5. The molecule has 10 atom stereocenters. The molecule has 2 N–H and O–H groups in total. The van der Waals surface area contributed by atoms with Gasteiger partial charge in [-0.1, -0.05) is 85.2 Å². The lowest BCUT2D eigenvalue weighted by molar-refractivity contribution is -0.203. The third-order valence-corrected chi connectivity index (χ3v) is 14.5. The summed E-state index contributed by atoms with van der Waals surface area (Å²) in [6.45, 7) is 16.8. The summed E-state index contributed by atoms with van der Waals surface area (Å²) in [7, 11) is 6.92. The van der Waals surface area contributed by atoms with Crippen LogP contribution in [-0.4, -0.2) is 140 Å². The number of benzene rings is 1. The Bertz CT molecular complexity index is 1620. The van der Waals surface area contributed by atoms with Crippen LogP contribution in [0.1, 0.15) is 124 Å². The highest BCUT2D eigenvalue weighted by atomic mass is 16.7. The average molecular weight is 868 g/mol. The number of methoxy groups -OCH3 is 2. The number of likely N-dealkylation sites (N-methyl/N-ethyl adjacent to an activating group) is 2. The van der Waals surface area contributed by atoms with Gasteiger partial charge < -0.3 is 25.0 Å². The molecule has 1 aromatic rings. The molecule has 3 fully saturated rings. The molecule has 3 aliphatic rings. The highest BCUT2D eigenvalue weighted by Crippen LogP contribution is 2.63. The van der Waals surface area contributed by atoms with Gasteiger partial charge in [0, 0.05) is 59.0 Å². The van der Waals surface area contributed by atoms with E-state index in [-0.39, 0.29) is 84.3 Å². The van der Waals surface area contributed by atoms with E-state index in [0.717, 1.165) is 37.7 Å². The maximum atomic E-state index is 14.5. The summed E-state index contributed by atoms with van der Waals surface area (Å²) in [5, 5.41) is 1.48. The van der Waals surface area contributed by atoms with Crippen molar-refractivity contribution in [2.24, 2.45) is 40.7 Å². The lowest BCUT2D eigenvalue weighted by Gasteiger charge is -2.41. The minimum Gasteiger partial charge on any atom is -0.379 e. The van der Waals surface area contributed by atoms with Gasteiger partial charge in [-0.05, 0) is 87.9 Å². The maximum Gasteiger partial charge on any atom is 0.253 e. The van der Waals surface area contributed by atoms with Crippen molar-refractivity contribution in [3.8, 4) is 0 Å². The van der Waals surface area contributed by atoms with E-state index in [0.29, 0.717) is 45.6 Å². The molecule has 13 nitrogen and oxygen atoms in total. The molecule has 2 aliphatic heterocycles. The summed E-state index contributed by atoms with van der Waals surface area (Å²) in [5.41, 5.74) is 5.94. The van der Waals surface area contributed by atoms with Crippen molar-refractivity contribution in [1.29, 1.82) is 0 Å². The molecule has 2 heterocycles. The molecule has 2 saturated heterocycles. The van der Waals surface area contributed by atoms with Crippen molar-refractivity contribution in [2.75, 3.05) is 61.1 Å². The SMILES string of the molecule is CC[C@H](C)[C@@H]([C@@H](CC(=O)N1CCC[C@H]1[C@H](OC)[C@@H](C)C(=O)C[C@@]1(C(=O)N2CCCCO2)C[C@@H]1c1ccccc1)OC)N(C)C(=O)[C@@H](CC(=O)[C@H](C(C)C)N(C)CCCN)C(C)C. The minimum absolute atomic E-state index is 0.0118. The second-order valence-corrected chi connectivity index (χ2v) is 19.3. The van der Waals surface area contributed by atoms with E-state index in [4.69, 9.17) is 20.0 Å². The van der Waals surface area contributed by atoms with Crippen molar-refractivity contribution < 1.29 is 38.3 Å². The zero-order valence-corrected chi connectivity index (χ0v) is 40.0. The Morgan fingerprint density at radius 1 is 0.903 bits per heavy atom. The van der Waals surface area contributed by atoms with Crippen LogP contribution in [0.3, 0.4) is 0 Å². The first-order valence-electron chi connectivity index (χ1n) is 23.6. The number of hydroxylamine groups is 2. The number of nitrogens with zero attached hydrogens (tertiary/aromatic N) is 4. The summed E-state index contributed by atoms with van der Waals surface area (Å²) in [6, 6.07) is 8.82. The van der Waals surface area contributed by atoms with Gasteiger partial charge in [0.2, 0.25) is 11.8 Å². The molecular weight excluding hydrogens is 787 g/mol. The lowest BCUT2D eigenvalue weighted by Crippen LogP contribution is -2.54. The molecule has 62 heavy (non-hydrogen) atoms. The third kappa shape index (κ3) is 12.1. The first kappa shape index (κ1) is 51.4. The molecule has 3 amide bonds. The Hall–Kier alpha value is -3.23. The molecule has 0 spiro atoms. The zero-order valence-electron chi connectivity index (χ0n) is 40.0. The van der Waals surface area contributed by atoms with Gasteiger partial charge in [-0.3, -0.25) is 33.7 Å². The van der Waals surface area contributed by atoms with Crippen LogP contribution in [0.15, 0.2) is 30.3 Å². The van der Waals surface area contributed by atoms with Crippen LogP contribution < -0.4 is 5.73 Å². The predicted molar refractivity (Wildman–Crippen MR) is 242 cm³/mol. The zero-order chi connectivity index (χ0) is 45.9. The molecular formula is C49H81N5O8. The smallest absolute Gasteiger partial charge is 0.253 e. The fraction of sp³-hybridized carbons (Fsp3) is 0.776. The molecule has 0 bridgehead atoms. The first-order valence-corrected chi connectivity index (χ1v) is 23.6. The largest absolute Gasteiger partial charge is 0.379 e. The Morgan fingerprint density at radius 2 is 1.60 bits per heavy atom. The van der Waals surface area contributed by atoms with E-state index in [1.807, 2.05) is 76.9 Å². The van der Waals surface area contributed by atoms with E-state index in [1.54, 1.807) is 26.2 Å². The Labute approximate surface area is 373 Å². The fourth-order valence-electron chi connectivity index (χ4n) is 10.6.